The first-order valence-electron chi connectivity index (χ1n) is 9.89. The molecule has 0 saturated heterocycles. The van der Waals surface area contributed by atoms with Crippen molar-refractivity contribution < 1.29 is 13.2 Å². The minimum atomic E-state index is -3.82. The van der Waals surface area contributed by atoms with Gasteiger partial charge in [0.05, 0.1) is 29.6 Å². The molecule has 1 aromatic heterocycles. The van der Waals surface area contributed by atoms with Crippen molar-refractivity contribution in [2.45, 2.75) is 4.90 Å². The number of nitrogens with zero attached hydrogens (tertiary/aromatic N) is 2. The monoisotopic (exact) mass is 479 g/mol. The second kappa shape index (κ2) is 9.72. The van der Waals surface area contributed by atoms with E-state index in [0.29, 0.717) is 22.4 Å². The first-order chi connectivity index (χ1) is 16.0. The van der Waals surface area contributed by atoms with Gasteiger partial charge >= 0.3 is 0 Å². The van der Waals surface area contributed by atoms with E-state index in [4.69, 9.17) is 17.0 Å². The lowest BCUT2D eigenvalue weighted by atomic mass is 10.3. The Hall–Kier alpha value is -3.89. The predicted molar refractivity (Wildman–Crippen MR) is 134 cm³/mol. The van der Waals surface area contributed by atoms with Crippen LogP contribution in [0.4, 0.5) is 17.2 Å². The lowest BCUT2D eigenvalue weighted by Gasteiger charge is -2.14. The molecule has 0 atom stereocenters. The van der Waals surface area contributed by atoms with Crippen LogP contribution in [0, 0.1) is 0 Å². The van der Waals surface area contributed by atoms with Crippen molar-refractivity contribution in [3.05, 3.63) is 91.1 Å². The number of hydrogen-bond acceptors (Lipinski definition) is 5. The van der Waals surface area contributed by atoms with E-state index in [0.717, 1.165) is 11.4 Å². The van der Waals surface area contributed by atoms with Gasteiger partial charge in [0, 0.05) is 11.8 Å². The van der Waals surface area contributed by atoms with Gasteiger partial charge in [-0.05, 0) is 60.7 Å². The zero-order valence-corrected chi connectivity index (χ0v) is 19.2. The minimum Gasteiger partial charge on any atom is -0.495 e. The molecule has 0 unspecified atom stereocenters. The number of rotatable bonds is 7. The lowest BCUT2D eigenvalue weighted by Crippen LogP contribution is -2.19. The van der Waals surface area contributed by atoms with Crippen molar-refractivity contribution in [1.29, 1.82) is 0 Å². The van der Waals surface area contributed by atoms with Crippen LogP contribution in [0.1, 0.15) is 0 Å². The van der Waals surface area contributed by atoms with Crippen LogP contribution in [0.3, 0.4) is 0 Å². The summed E-state index contributed by atoms with van der Waals surface area (Å²) in [5, 5.41) is 10.6. The normalized spacial score (nSPS) is 10.9. The molecule has 1 heterocycles. The van der Waals surface area contributed by atoms with Crippen LogP contribution in [0.5, 0.6) is 5.75 Å². The Bertz CT molecular complexity index is 1350. The van der Waals surface area contributed by atoms with Gasteiger partial charge in [0.2, 0.25) is 0 Å². The highest BCUT2D eigenvalue weighted by Gasteiger charge is 2.17. The van der Waals surface area contributed by atoms with E-state index in [-0.39, 0.29) is 4.90 Å². The van der Waals surface area contributed by atoms with Crippen LogP contribution >= 0.6 is 12.2 Å². The van der Waals surface area contributed by atoms with Crippen molar-refractivity contribution in [3.8, 4) is 11.4 Å². The smallest absolute Gasteiger partial charge is 0.263 e. The summed E-state index contributed by atoms with van der Waals surface area (Å²) < 4.78 is 35.2. The van der Waals surface area contributed by atoms with Crippen LogP contribution < -0.4 is 20.1 Å². The molecule has 33 heavy (non-hydrogen) atoms. The molecular formula is C23H21N5O3S2. The number of hydrogen-bond donors (Lipinski definition) is 3. The summed E-state index contributed by atoms with van der Waals surface area (Å²) in [6.45, 7) is 0. The highest BCUT2D eigenvalue weighted by molar-refractivity contribution is 7.92. The van der Waals surface area contributed by atoms with Crippen LogP contribution in [0.15, 0.2) is 96.0 Å². The van der Waals surface area contributed by atoms with E-state index in [2.05, 4.69) is 20.5 Å². The number of aromatic nitrogens is 2. The first kappa shape index (κ1) is 22.3. The Morgan fingerprint density at radius 3 is 2.33 bits per heavy atom. The Morgan fingerprint density at radius 2 is 1.61 bits per heavy atom. The van der Waals surface area contributed by atoms with E-state index in [1.54, 1.807) is 25.3 Å². The second-order valence-corrected chi connectivity index (χ2v) is 8.96. The lowest BCUT2D eigenvalue weighted by molar-refractivity contribution is 0.417. The van der Waals surface area contributed by atoms with Crippen molar-refractivity contribution in [2.75, 3.05) is 22.5 Å². The fourth-order valence-corrected chi connectivity index (χ4v) is 4.37. The average molecular weight is 480 g/mol. The number of methoxy groups -OCH3 is 1. The van der Waals surface area contributed by atoms with Gasteiger partial charge in [-0.3, -0.25) is 4.72 Å². The third-order valence-electron chi connectivity index (χ3n) is 4.66. The summed E-state index contributed by atoms with van der Waals surface area (Å²) in [5.74, 6) is 0.995. The summed E-state index contributed by atoms with van der Waals surface area (Å²) in [7, 11) is -2.24. The molecule has 0 bridgehead atoms. The van der Waals surface area contributed by atoms with Gasteiger partial charge in [-0.15, -0.1) is 0 Å². The first-order valence-corrected chi connectivity index (χ1v) is 11.8. The van der Waals surface area contributed by atoms with Crippen molar-refractivity contribution in [3.63, 3.8) is 0 Å². The van der Waals surface area contributed by atoms with Gasteiger partial charge in [-0.1, -0.05) is 30.3 Å². The fraction of sp³-hybridized carbons (Fsp3) is 0.0435. The van der Waals surface area contributed by atoms with Crippen LogP contribution in [0.25, 0.3) is 5.69 Å². The fourth-order valence-electron chi connectivity index (χ4n) is 3.10. The third-order valence-corrected chi connectivity index (χ3v) is 6.23. The molecule has 0 aliphatic carbocycles. The van der Waals surface area contributed by atoms with Crippen LogP contribution in [-0.2, 0) is 10.0 Å². The Balaban J connectivity index is 1.45. The van der Waals surface area contributed by atoms with Gasteiger partial charge in [-0.2, -0.15) is 5.10 Å². The number of nitrogens with one attached hydrogen (secondary N) is 3. The number of anilines is 3. The number of para-hydroxylation sites is 3. The van der Waals surface area contributed by atoms with Gasteiger partial charge in [0.1, 0.15) is 11.6 Å². The summed E-state index contributed by atoms with van der Waals surface area (Å²) in [4.78, 5) is 0.109. The van der Waals surface area contributed by atoms with Crippen LogP contribution in [0.2, 0.25) is 0 Å². The largest absolute Gasteiger partial charge is 0.495 e. The standard InChI is InChI=1S/C23H21N5O3S2/c1-31-21-10-6-5-9-20(21)26-23(32)25-17-11-13-19(14-12-17)33(29,30)27-22-15-16-24-28(22)18-7-3-2-4-8-18/h2-16,27H,1H3,(H2,25,26,32). The van der Waals surface area contributed by atoms with Gasteiger partial charge in [0.25, 0.3) is 10.0 Å². The van der Waals surface area contributed by atoms with Crippen molar-refractivity contribution in [1.82, 2.24) is 9.78 Å². The van der Waals surface area contributed by atoms with Crippen molar-refractivity contribution >= 4 is 44.5 Å². The maximum Gasteiger partial charge on any atom is 0.263 e. The average Bonchev–Trinajstić information content (AvgIpc) is 3.27. The van der Waals surface area contributed by atoms with E-state index in [1.807, 2.05) is 54.6 Å². The maximum atomic E-state index is 12.9. The van der Waals surface area contributed by atoms with Gasteiger partial charge < -0.3 is 15.4 Å². The molecule has 10 heteroatoms. The van der Waals surface area contributed by atoms with Crippen LogP contribution in [-0.4, -0.2) is 30.4 Å². The number of thiocarbonyl (C=S) groups is 1. The third kappa shape index (κ3) is 5.30. The van der Waals surface area contributed by atoms with E-state index >= 15 is 0 Å². The van der Waals surface area contributed by atoms with Crippen molar-refractivity contribution in [2.24, 2.45) is 0 Å². The Morgan fingerprint density at radius 1 is 0.909 bits per heavy atom. The highest BCUT2D eigenvalue weighted by atomic mass is 32.2. The highest BCUT2D eigenvalue weighted by Crippen LogP contribution is 2.24. The molecule has 0 amide bonds. The molecule has 0 radical (unpaired) electrons. The second-order valence-electron chi connectivity index (χ2n) is 6.87. The number of sulfonamides is 1. The maximum absolute atomic E-state index is 12.9. The molecule has 0 aliphatic rings. The molecule has 4 aromatic rings. The summed E-state index contributed by atoms with van der Waals surface area (Å²) >= 11 is 5.35. The molecule has 0 spiro atoms. The predicted octanol–water partition coefficient (Wildman–Crippen LogP) is 4.49. The molecule has 8 nitrogen and oxygen atoms in total. The molecule has 4 rings (SSSR count). The molecule has 3 N–H and O–H groups in total. The number of ether oxygens (including phenoxy) is 1. The number of benzene rings is 3. The van der Waals surface area contributed by atoms with E-state index < -0.39 is 10.0 Å². The zero-order chi connectivity index (χ0) is 23.3. The molecule has 0 aliphatic heterocycles. The van der Waals surface area contributed by atoms with E-state index in [1.165, 1.54) is 23.0 Å². The molecule has 0 fully saturated rings. The Labute approximate surface area is 197 Å². The topological polar surface area (TPSA) is 97.3 Å². The molecule has 168 valence electrons. The SMILES string of the molecule is COc1ccccc1NC(=S)Nc1ccc(S(=O)(=O)Nc2ccnn2-c2ccccc2)cc1. The van der Waals surface area contributed by atoms with E-state index in [9.17, 15) is 8.42 Å². The van der Waals surface area contributed by atoms with Gasteiger partial charge in [0.15, 0.2) is 5.11 Å². The Kier molecular flexibility index (Phi) is 6.57. The quantitative estimate of drug-likeness (QED) is 0.336. The summed E-state index contributed by atoms with van der Waals surface area (Å²) in [5.41, 5.74) is 2.10. The zero-order valence-electron chi connectivity index (χ0n) is 17.6. The molecular weight excluding hydrogens is 458 g/mol. The summed E-state index contributed by atoms with van der Waals surface area (Å²) in [6, 6.07) is 24.5. The molecule has 3 aromatic carbocycles. The summed E-state index contributed by atoms with van der Waals surface area (Å²) in [6.07, 6.45) is 1.54. The minimum absolute atomic E-state index is 0.109. The molecule has 0 saturated carbocycles. The van der Waals surface area contributed by atoms with Gasteiger partial charge in [-0.25, -0.2) is 13.1 Å².